The second kappa shape index (κ2) is 7.08. The van der Waals surface area contributed by atoms with Crippen molar-refractivity contribution in [2.45, 2.75) is 26.3 Å². The number of nitrogens with one attached hydrogen (secondary N) is 1. The quantitative estimate of drug-likeness (QED) is 0.705. The van der Waals surface area contributed by atoms with E-state index in [4.69, 9.17) is 0 Å². The largest absolute Gasteiger partial charge is 0.310 e. The normalized spacial score (nSPS) is 10.7. The highest BCUT2D eigenvalue weighted by molar-refractivity contribution is 6.00. The summed E-state index contributed by atoms with van der Waals surface area (Å²) in [6.07, 6.45) is 0.322. The van der Waals surface area contributed by atoms with Gasteiger partial charge in [-0.05, 0) is 19.1 Å². The van der Waals surface area contributed by atoms with Crippen LogP contribution in [0.25, 0.3) is 11.0 Å². The maximum atomic E-state index is 12.2. The van der Waals surface area contributed by atoms with Crippen LogP contribution in [0, 0.1) is 0 Å². The van der Waals surface area contributed by atoms with E-state index in [1.807, 2.05) is 54.0 Å². The van der Waals surface area contributed by atoms with Gasteiger partial charge in [-0.15, -0.1) is 0 Å². The van der Waals surface area contributed by atoms with E-state index < -0.39 is 0 Å². The summed E-state index contributed by atoms with van der Waals surface area (Å²) in [4.78, 5) is 28.7. The maximum absolute atomic E-state index is 12.2. The lowest BCUT2D eigenvalue weighted by Crippen LogP contribution is -2.16. The smallest absolute Gasteiger partial charge is 0.227 e. The van der Waals surface area contributed by atoms with E-state index in [-0.39, 0.29) is 24.5 Å². The summed E-state index contributed by atoms with van der Waals surface area (Å²) in [7, 11) is 0. The van der Waals surface area contributed by atoms with E-state index in [0.29, 0.717) is 18.1 Å². The fraction of sp³-hybridized carbons (Fsp3) is 0.211. The molecule has 24 heavy (non-hydrogen) atoms. The molecule has 0 fully saturated rings. The Morgan fingerprint density at radius 3 is 2.46 bits per heavy atom. The van der Waals surface area contributed by atoms with Crippen LogP contribution in [0.2, 0.25) is 0 Å². The molecule has 5 nitrogen and oxygen atoms in total. The van der Waals surface area contributed by atoms with Gasteiger partial charge in [-0.2, -0.15) is 0 Å². The van der Waals surface area contributed by atoms with E-state index in [2.05, 4.69) is 10.3 Å². The van der Waals surface area contributed by atoms with Crippen LogP contribution in [0.4, 0.5) is 5.95 Å². The van der Waals surface area contributed by atoms with Crippen LogP contribution in [0.1, 0.15) is 30.1 Å². The lowest BCUT2D eigenvalue weighted by atomic mass is 10.1. The Labute approximate surface area is 140 Å². The van der Waals surface area contributed by atoms with Gasteiger partial charge in [0.15, 0.2) is 5.78 Å². The predicted molar refractivity (Wildman–Crippen MR) is 94.0 cm³/mol. The predicted octanol–water partition coefficient (Wildman–Crippen LogP) is 3.66. The summed E-state index contributed by atoms with van der Waals surface area (Å²) in [6, 6.07) is 16.8. The van der Waals surface area contributed by atoms with Gasteiger partial charge < -0.3 is 4.57 Å². The third-order valence-electron chi connectivity index (χ3n) is 3.90. The third kappa shape index (κ3) is 3.35. The van der Waals surface area contributed by atoms with Gasteiger partial charge in [-0.3, -0.25) is 14.9 Å². The molecule has 1 aromatic heterocycles. The average Bonchev–Trinajstić information content (AvgIpc) is 2.97. The molecule has 0 aliphatic rings. The number of aryl methyl sites for hydroxylation is 1. The Morgan fingerprint density at radius 1 is 1.00 bits per heavy atom. The van der Waals surface area contributed by atoms with Gasteiger partial charge in [0.25, 0.3) is 0 Å². The zero-order valence-corrected chi connectivity index (χ0v) is 13.5. The Bertz CT molecular complexity index is 869. The average molecular weight is 321 g/mol. The molecule has 0 aliphatic heterocycles. The molecule has 1 N–H and O–H groups in total. The summed E-state index contributed by atoms with van der Waals surface area (Å²) in [5.74, 6) is 0.287. The Hall–Kier alpha value is -2.95. The highest BCUT2D eigenvalue weighted by Gasteiger charge is 2.13. The molecule has 0 saturated heterocycles. The number of amides is 1. The number of rotatable bonds is 6. The number of carbonyl (C=O) groups excluding carboxylic acids is 2. The molecule has 0 atom stereocenters. The molecule has 2 aromatic carbocycles. The first-order valence-electron chi connectivity index (χ1n) is 8.02. The molecule has 3 rings (SSSR count). The van der Waals surface area contributed by atoms with Crippen molar-refractivity contribution in [3.8, 4) is 0 Å². The summed E-state index contributed by atoms with van der Waals surface area (Å²) < 4.78 is 1.95. The first-order chi connectivity index (χ1) is 11.7. The van der Waals surface area contributed by atoms with Crippen molar-refractivity contribution in [1.82, 2.24) is 9.55 Å². The molecule has 0 radical (unpaired) electrons. The number of fused-ring (bicyclic) bond motifs is 1. The van der Waals surface area contributed by atoms with Crippen molar-refractivity contribution < 1.29 is 9.59 Å². The van der Waals surface area contributed by atoms with Gasteiger partial charge in [0.05, 0.1) is 11.0 Å². The maximum Gasteiger partial charge on any atom is 0.227 e. The van der Waals surface area contributed by atoms with Crippen molar-refractivity contribution in [2.24, 2.45) is 0 Å². The number of ketones is 1. The Morgan fingerprint density at radius 2 is 1.71 bits per heavy atom. The Kier molecular flexibility index (Phi) is 4.70. The molecule has 0 saturated carbocycles. The molecule has 0 bridgehead atoms. The monoisotopic (exact) mass is 321 g/mol. The van der Waals surface area contributed by atoms with E-state index in [1.165, 1.54) is 0 Å². The van der Waals surface area contributed by atoms with Gasteiger partial charge in [-0.1, -0.05) is 42.5 Å². The second-order valence-electron chi connectivity index (χ2n) is 5.51. The zero-order valence-electron chi connectivity index (χ0n) is 13.5. The van der Waals surface area contributed by atoms with Gasteiger partial charge in [-0.25, -0.2) is 4.98 Å². The fourth-order valence-corrected chi connectivity index (χ4v) is 2.67. The van der Waals surface area contributed by atoms with Gasteiger partial charge in [0.1, 0.15) is 0 Å². The van der Waals surface area contributed by atoms with Crippen LogP contribution in [-0.4, -0.2) is 21.2 Å². The number of imidazole rings is 1. The van der Waals surface area contributed by atoms with Crippen LogP contribution in [0.5, 0.6) is 0 Å². The van der Waals surface area contributed by atoms with Gasteiger partial charge in [0, 0.05) is 24.9 Å². The summed E-state index contributed by atoms with van der Waals surface area (Å²) in [5, 5.41) is 2.82. The lowest BCUT2D eigenvalue weighted by Gasteiger charge is -2.07. The number of aromatic nitrogens is 2. The van der Waals surface area contributed by atoms with Crippen LogP contribution in [-0.2, 0) is 11.3 Å². The number of hydrogen-bond acceptors (Lipinski definition) is 3. The van der Waals surface area contributed by atoms with Gasteiger partial charge >= 0.3 is 0 Å². The third-order valence-corrected chi connectivity index (χ3v) is 3.90. The van der Waals surface area contributed by atoms with Crippen molar-refractivity contribution in [1.29, 1.82) is 0 Å². The minimum atomic E-state index is -0.204. The first kappa shape index (κ1) is 15.9. The molecule has 1 amide bonds. The van der Waals surface area contributed by atoms with E-state index in [1.54, 1.807) is 12.1 Å². The number of nitrogens with zero attached hydrogens (tertiary/aromatic N) is 2. The minimum absolute atomic E-state index is 0.0326. The highest BCUT2D eigenvalue weighted by atomic mass is 16.2. The number of carbonyl (C=O) groups is 2. The topological polar surface area (TPSA) is 64.0 Å². The summed E-state index contributed by atoms with van der Waals surface area (Å²) in [5.41, 5.74) is 2.46. The van der Waals surface area contributed by atoms with E-state index in [0.717, 1.165) is 11.0 Å². The van der Waals surface area contributed by atoms with E-state index >= 15 is 0 Å². The molecule has 5 heteroatoms. The fourth-order valence-electron chi connectivity index (χ4n) is 2.67. The molecule has 3 aromatic rings. The summed E-state index contributed by atoms with van der Waals surface area (Å²) in [6.45, 7) is 2.71. The lowest BCUT2D eigenvalue weighted by molar-refractivity contribution is -0.116. The first-order valence-corrected chi connectivity index (χ1v) is 8.02. The number of Topliss-reactive ketones (excluding diaryl/α,β-unsaturated/α-hetero) is 1. The molecule has 0 aliphatic carbocycles. The second-order valence-corrected chi connectivity index (χ2v) is 5.51. The van der Waals surface area contributed by atoms with E-state index in [9.17, 15) is 9.59 Å². The van der Waals surface area contributed by atoms with Crippen LogP contribution in [0.3, 0.4) is 0 Å². The van der Waals surface area contributed by atoms with Gasteiger partial charge in [0.2, 0.25) is 11.9 Å². The van der Waals surface area contributed by atoms with Crippen LogP contribution in [0.15, 0.2) is 54.6 Å². The Balaban J connectivity index is 1.66. The zero-order chi connectivity index (χ0) is 16.9. The molecule has 1 heterocycles. The number of anilines is 1. The number of hydrogen-bond donors (Lipinski definition) is 1. The SMILES string of the molecule is CCn1c(NC(=O)CCC(=O)c2ccccc2)nc2ccccc21. The standard InChI is InChI=1S/C19H19N3O2/c1-2-22-16-11-7-6-10-15(16)20-19(22)21-18(24)13-12-17(23)14-8-4-3-5-9-14/h3-11H,2,12-13H2,1H3,(H,20,21,24). The van der Waals surface area contributed by atoms with Crippen molar-refractivity contribution in [3.05, 3.63) is 60.2 Å². The molecule has 122 valence electrons. The number of para-hydroxylation sites is 2. The number of benzene rings is 2. The van der Waals surface area contributed by atoms with Crippen LogP contribution < -0.4 is 5.32 Å². The minimum Gasteiger partial charge on any atom is -0.310 e. The molecular formula is C19H19N3O2. The van der Waals surface area contributed by atoms with Crippen molar-refractivity contribution in [3.63, 3.8) is 0 Å². The molecule has 0 unspecified atom stereocenters. The van der Waals surface area contributed by atoms with Crippen molar-refractivity contribution in [2.75, 3.05) is 5.32 Å². The molecular weight excluding hydrogens is 302 g/mol. The highest BCUT2D eigenvalue weighted by Crippen LogP contribution is 2.19. The molecule has 0 spiro atoms. The van der Waals surface area contributed by atoms with Crippen LogP contribution >= 0.6 is 0 Å². The van der Waals surface area contributed by atoms with Crippen molar-refractivity contribution >= 4 is 28.7 Å². The summed E-state index contributed by atoms with van der Waals surface area (Å²) >= 11 is 0.